The van der Waals surface area contributed by atoms with Gasteiger partial charge in [-0.3, -0.25) is 8.77 Å². The van der Waals surface area contributed by atoms with E-state index in [2.05, 4.69) is 21.2 Å². The van der Waals surface area contributed by atoms with Gasteiger partial charge in [-0.05, 0) is 45.4 Å². The molecule has 0 aliphatic carbocycles. The predicted octanol–water partition coefficient (Wildman–Crippen LogP) is 3.19. The highest BCUT2D eigenvalue weighted by molar-refractivity contribution is 14.2. The Morgan fingerprint density at radius 3 is 2.48 bits per heavy atom. The maximum Gasteiger partial charge on any atom is 0.333 e. The van der Waals surface area contributed by atoms with Gasteiger partial charge in [0.25, 0.3) is 0 Å². The fourth-order valence-corrected chi connectivity index (χ4v) is 3.00. The summed E-state index contributed by atoms with van der Waals surface area (Å²) in [6.07, 6.45) is 4.55. The molecule has 0 saturated heterocycles. The van der Waals surface area contributed by atoms with Crippen LogP contribution in [0.4, 0.5) is 0 Å². The Bertz CT molecular complexity index is 580. The van der Waals surface area contributed by atoms with Gasteiger partial charge in [0.2, 0.25) is 0 Å². The van der Waals surface area contributed by atoms with Gasteiger partial charge in [0.05, 0.1) is 16.9 Å². The molecule has 0 atom stereocenters. The van der Waals surface area contributed by atoms with Gasteiger partial charge in [0, 0.05) is 56.2 Å². The molecule has 23 heavy (non-hydrogen) atoms. The van der Waals surface area contributed by atoms with Crippen LogP contribution >= 0.6 is 30.3 Å². The molecule has 127 valence electrons. The summed E-state index contributed by atoms with van der Waals surface area (Å²) in [6, 6.07) is 1.88. The Balaban J connectivity index is 3.14. The molecule has 1 rings (SSSR count). The maximum atomic E-state index is 11.4. The van der Waals surface area contributed by atoms with E-state index in [-0.39, 0.29) is 0 Å². The van der Waals surface area contributed by atoms with Crippen molar-refractivity contribution in [2.24, 2.45) is 0 Å². The van der Waals surface area contributed by atoms with Gasteiger partial charge < -0.3 is 14.7 Å². The molecule has 0 aliphatic rings. The second kappa shape index (κ2) is 8.09. The van der Waals surface area contributed by atoms with E-state index in [1.807, 2.05) is 51.3 Å². The Hall–Kier alpha value is -0.445. The predicted molar refractivity (Wildman–Crippen MR) is 106 cm³/mol. The topological polar surface area (TPSA) is 54.7 Å². The summed E-state index contributed by atoms with van der Waals surface area (Å²) in [4.78, 5) is 13.3. The minimum Gasteiger partial charge on any atom is -0.427 e. The molecule has 0 unspecified atom stereocenters. The van der Waals surface area contributed by atoms with Crippen molar-refractivity contribution in [1.29, 1.82) is 0 Å². The number of nitrogens with zero attached hydrogens (tertiary/aromatic N) is 2. The fraction of sp³-hybridized carbons (Fsp3) is 0.533. The number of rotatable bonds is 8. The first-order chi connectivity index (χ1) is 10.5. The van der Waals surface area contributed by atoms with Crippen LogP contribution in [0.5, 0.6) is 0 Å². The summed E-state index contributed by atoms with van der Waals surface area (Å²) in [6.45, 7) is 7.05. The van der Waals surface area contributed by atoms with Crippen molar-refractivity contribution in [2.45, 2.75) is 38.9 Å². The molecule has 0 bridgehead atoms. The first-order valence-electron chi connectivity index (χ1n) is 7.11. The van der Waals surface area contributed by atoms with Crippen LogP contribution < -0.4 is 0 Å². The lowest BCUT2D eigenvalue weighted by Crippen LogP contribution is -2.48. The van der Waals surface area contributed by atoms with Crippen molar-refractivity contribution < 1.29 is 14.6 Å². The minimum absolute atomic E-state index is 0.568. The van der Waals surface area contributed by atoms with Crippen LogP contribution in [0.25, 0.3) is 5.47 Å². The number of hydrogen-bond acceptors (Lipinski definition) is 5. The average Bonchev–Trinajstić information content (AvgIpc) is 2.84. The van der Waals surface area contributed by atoms with E-state index >= 15 is 0 Å². The molecule has 1 heterocycles. The summed E-state index contributed by atoms with van der Waals surface area (Å²) in [5, 5.41) is 10.2. The molecule has 5 nitrogen and oxygen atoms in total. The first kappa shape index (κ1) is 20.6. The number of carbonyl (C=O) groups is 1. The normalized spacial score (nSPS) is 13.1. The molecule has 1 N–H and O–H groups in total. The Morgan fingerprint density at radius 1 is 1.43 bits per heavy atom. The van der Waals surface area contributed by atoms with Crippen molar-refractivity contribution in [1.82, 2.24) is 8.87 Å². The molecule has 0 amide bonds. The highest BCUT2D eigenvalue weighted by atomic mass is 127. The summed E-state index contributed by atoms with van der Waals surface area (Å²) >= 11 is 2.13. The zero-order chi connectivity index (χ0) is 17.8. The molecule has 1 aromatic heterocycles. The fourth-order valence-electron chi connectivity index (χ4n) is 1.64. The van der Waals surface area contributed by atoms with Crippen LogP contribution in [0, 0.1) is 0 Å². The van der Waals surface area contributed by atoms with E-state index in [9.17, 15) is 9.90 Å². The minimum atomic E-state index is -1.01. The van der Waals surface area contributed by atoms with Crippen molar-refractivity contribution in [2.75, 3.05) is 14.1 Å². The standard InChI is InChI=1S/C15H23BIN2O3S/c1-14(2,21)15(3,4)22-16-12(9-18(5)6)11-7-8-19(23-17)13(11)10-20/h7-10,21H,1-6H3/b12-9+. The molecular weight excluding hydrogens is 426 g/mol. The Morgan fingerprint density at radius 2 is 2.04 bits per heavy atom. The van der Waals surface area contributed by atoms with Crippen molar-refractivity contribution in [3.8, 4) is 0 Å². The summed E-state index contributed by atoms with van der Waals surface area (Å²) in [5.74, 6) is 0. The molecule has 0 aromatic carbocycles. The van der Waals surface area contributed by atoms with Crippen LogP contribution in [0.2, 0.25) is 0 Å². The molecule has 0 aliphatic heterocycles. The lowest BCUT2D eigenvalue weighted by Gasteiger charge is -2.37. The maximum absolute atomic E-state index is 11.4. The summed E-state index contributed by atoms with van der Waals surface area (Å²) in [7, 11) is 6.83. The summed E-state index contributed by atoms with van der Waals surface area (Å²) < 4.78 is 7.64. The van der Waals surface area contributed by atoms with Gasteiger partial charge in [0.1, 0.15) is 0 Å². The molecule has 1 radical (unpaired) electrons. The summed E-state index contributed by atoms with van der Waals surface area (Å²) in [5.41, 5.74) is 0.325. The third kappa shape index (κ3) is 5.27. The smallest absolute Gasteiger partial charge is 0.333 e. The van der Waals surface area contributed by atoms with E-state index < -0.39 is 11.2 Å². The largest absolute Gasteiger partial charge is 0.427 e. The van der Waals surface area contributed by atoms with Crippen molar-refractivity contribution in [3.05, 3.63) is 29.7 Å². The van der Waals surface area contributed by atoms with Crippen LogP contribution in [0.3, 0.4) is 0 Å². The average molecular weight is 449 g/mol. The van der Waals surface area contributed by atoms with E-state index in [0.29, 0.717) is 5.69 Å². The van der Waals surface area contributed by atoms with Crippen LogP contribution in [0.15, 0.2) is 18.5 Å². The number of aldehydes is 1. The quantitative estimate of drug-likeness (QED) is 0.376. The molecule has 0 fully saturated rings. The van der Waals surface area contributed by atoms with Gasteiger partial charge in [0.15, 0.2) is 6.29 Å². The van der Waals surface area contributed by atoms with Crippen LogP contribution in [-0.4, -0.2) is 53.0 Å². The van der Waals surface area contributed by atoms with E-state index in [1.165, 1.54) is 9.12 Å². The third-order valence-corrected chi connectivity index (χ3v) is 5.48. The Kier molecular flexibility index (Phi) is 7.24. The number of hydrogen-bond donors (Lipinski definition) is 1. The molecule has 0 spiro atoms. The van der Waals surface area contributed by atoms with Gasteiger partial charge in [-0.15, -0.1) is 0 Å². The lowest BCUT2D eigenvalue weighted by atomic mass is 9.79. The molecule has 8 heteroatoms. The highest BCUT2D eigenvalue weighted by Gasteiger charge is 2.36. The lowest BCUT2D eigenvalue weighted by molar-refractivity contribution is -0.0892. The van der Waals surface area contributed by atoms with Gasteiger partial charge >= 0.3 is 7.48 Å². The van der Waals surface area contributed by atoms with Crippen LogP contribution in [0.1, 0.15) is 43.7 Å². The van der Waals surface area contributed by atoms with Gasteiger partial charge in [-0.1, -0.05) is 0 Å². The second-order valence-corrected chi connectivity index (χ2v) is 8.19. The SMILES string of the molecule is CN(C)/C=C(/[B]OC(C)(C)C(C)(C)O)c1ccn(SI)c1C=O. The highest BCUT2D eigenvalue weighted by Crippen LogP contribution is 2.29. The van der Waals surface area contributed by atoms with Crippen LogP contribution in [-0.2, 0) is 4.65 Å². The van der Waals surface area contributed by atoms with Gasteiger partial charge in [-0.2, -0.15) is 0 Å². The number of carbonyl (C=O) groups excluding carboxylic acids is 1. The molecule has 0 saturated carbocycles. The number of aromatic nitrogens is 1. The van der Waals surface area contributed by atoms with E-state index in [1.54, 1.807) is 25.3 Å². The monoisotopic (exact) mass is 449 g/mol. The second-order valence-electron chi connectivity index (χ2n) is 6.48. The first-order valence-corrected chi connectivity index (χ1v) is 10.4. The van der Waals surface area contributed by atoms with Gasteiger partial charge in [-0.25, -0.2) is 0 Å². The Labute approximate surface area is 155 Å². The van der Waals surface area contributed by atoms with Crippen molar-refractivity contribution >= 4 is 49.6 Å². The number of aliphatic hydroxyl groups is 1. The number of halogens is 1. The van der Waals surface area contributed by atoms with Crippen molar-refractivity contribution in [3.63, 3.8) is 0 Å². The van der Waals surface area contributed by atoms with E-state index in [0.717, 1.165) is 17.3 Å². The molecular formula is C15H23BIN2O3S. The van der Waals surface area contributed by atoms with E-state index in [4.69, 9.17) is 4.65 Å². The zero-order valence-electron chi connectivity index (χ0n) is 14.3. The zero-order valence-corrected chi connectivity index (χ0v) is 17.3. The third-order valence-electron chi connectivity index (χ3n) is 3.74. The molecule has 1 aromatic rings.